The Bertz CT molecular complexity index is 583. The molecule has 0 spiro atoms. The third-order valence-corrected chi connectivity index (χ3v) is 6.91. The first-order chi connectivity index (χ1) is 13.3. The van der Waals surface area contributed by atoms with Crippen molar-refractivity contribution in [3.63, 3.8) is 0 Å². The quantitative estimate of drug-likeness (QED) is 0.798. The van der Waals surface area contributed by atoms with Crippen LogP contribution in [-0.4, -0.2) is 72.5 Å². The van der Waals surface area contributed by atoms with Crippen LogP contribution in [0.1, 0.15) is 44.1 Å². The number of nitrogens with zero attached hydrogens (tertiary/aromatic N) is 3. The Labute approximate surface area is 164 Å². The molecule has 3 fully saturated rings. The molecule has 0 aromatic heterocycles. The molecule has 0 N–H and O–H groups in total. The number of carbonyl (C=O) groups is 1. The van der Waals surface area contributed by atoms with Crippen LogP contribution in [0.2, 0.25) is 0 Å². The van der Waals surface area contributed by atoms with Gasteiger partial charge in [0.05, 0.1) is 6.54 Å². The Hall–Kier alpha value is -1.39. The van der Waals surface area contributed by atoms with Crippen molar-refractivity contribution in [2.24, 2.45) is 5.92 Å². The number of carbonyl (C=O) groups excluding carboxylic acids is 1. The van der Waals surface area contributed by atoms with E-state index in [9.17, 15) is 4.79 Å². The molecule has 0 aliphatic carbocycles. The van der Waals surface area contributed by atoms with Crippen molar-refractivity contribution in [1.29, 1.82) is 0 Å². The lowest BCUT2D eigenvalue weighted by Gasteiger charge is -2.38. The summed E-state index contributed by atoms with van der Waals surface area (Å²) in [5, 5.41) is 0. The second-order valence-corrected chi connectivity index (χ2v) is 8.76. The van der Waals surface area contributed by atoms with Crippen LogP contribution in [0, 0.1) is 5.92 Å². The lowest BCUT2D eigenvalue weighted by atomic mass is 9.90. The molecule has 0 bridgehead atoms. The van der Waals surface area contributed by atoms with Crippen LogP contribution in [0.5, 0.6) is 0 Å². The van der Waals surface area contributed by atoms with Crippen LogP contribution >= 0.6 is 0 Å². The average Bonchev–Trinajstić information content (AvgIpc) is 3.25. The maximum atomic E-state index is 12.7. The van der Waals surface area contributed by atoms with Crippen molar-refractivity contribution in [1.82, 2.24) is 14.7 Å². The maximum absolute atomic E-state index is 12.7. The minimum absolute atomic E-state index is 0.358. The SMILES string of the molecule is O=C(CN1CCC(Cc2ccccc2)CC1)N1CCC(N2CCCC2)CC1. The van der Waals surface area contributed by atoms with Gasteiger partial charge in [0.15, 0.2) is 0 Å². The van der Waals surface area contributed by atoms with E-state index in [1.54, 1.807) is 0 Å². The topological polar surface area (TPSA) is 26.8 Å². The Morgan fingerprint density at radius 3 is 2.19 bits per heavy atom. The second-order valence-electron chi connectivity index (χ2n) is 8.76. The highest BCUT2D eigenvalue weighted by atomic mass is 16.2. The molecule has 3 aliphatic heterocycles. The van der Waals surface area contributed by atoms with Crippen LogP contribution in [0.15, 0.2) is 30.3 Å². The second kappa shape index (κ2) is 9.20. The van der Waals surface area contributed by atoms with E-state index < -0.39 is 0 Å². The molecule has 0 saturated carbocycles. The van der Waals surface area contributed by atoms with Gasteiger partial charge in [-0.2, -0.15) is 0 Å². The molecule has 4 rings (SSSR count). The zero-order chi connectivity index (χ0) is 18.5. The van der Waals surface area contributed by atoms with Gasteiger partial charge in [0.2, 0.25) is 5.91 Å². The van der Waals surface area contributed by atoms with Crippen molar-refractivity contribution in [3.05, 3.63) is 35.9 Å². The lowest BCUT2D eigenvalue weighted by Crippen LogP contribution is -2.49. The first-order valence-electron chi connectivity index (χ1n) is 11.1. The molecule has 0 atom stereocenters. The standard InChI is InChI=1S/C23H35N3O/c27-23(26-16-10-22(11-17-26)25-12-4-5-13-25)19-24-14-8-21(9-15-24)18-20-6-2-1-3-7-20/h1-3,6-7,21-22H,4-5,8-19H2. The Morgan fingerprint density at radius 2 is 1.52 bits per heavy atom. The summed E-state index contributed by atoms with van der Waals surface area (Å²) < 4.78 is 0. The fourth-order valence-electron chi connectivity index (χ4n) is 5.17. The van der Waals surface area contributed by atoms with Crippen LogP contribution in [0.4, 0.5) is 0 Å². The summed E-state index contributed by atoms with van der Waals surface area (Å²) in [5.74, 6) is 1.13. The van der Waals surface area contributed by atoms with Gasteiger partial charge in [-0.3, -0.25) is 9.69 Å². The normalized spacial score (nSPS) is 23.8. The van der Waals surface area contributed by atoms with Crippen LogP contribution in [-0.2, 0) is 11.2 Å². The van der Waals surface area contributed by atoms with Crippen molar-refractivity contribution < 1.29 is 4.79 Å². The zero-order valence-electron chi connectivity index (χ0n) is 16.7. The molecule has 27 heavy (non-hydrogen) atoms. The highest BCUT2D eigenvalue weighted by Gasteiger charge is 2.29. The van der Waals surface area contributed by atoms with E-state index in [0.717, 1.165) is 38.1 Å². The van der Waals surface area contributed by atoms with Gasteiger partial charge < -0.3 is 9.80 Å². The first kappa shape index (κ1) is 18.9. The predicted octanol–water partition coefficient (Wildman–Crippen LogP) is 3.03. The van der Waals surface area contributed by atoms with Crippen molar-refractivity contribution in [2.75, 3.05) is 45.8 Å². The molecular weight excluding hydrogens is 334 g/mol. The van der Waals surface area contributed by atoms with E-state index >= 15 is 0 Å². The molecule has 3 heterocycles. The van der Waals surface area contributed by atoms with Gasteiger partial charge >= 0.3 is 0 Å². The highest BCUT2D eigenvalue weighted by Crippen LogP contribution is 2.23. The summed E-state index contributed by atoms with van der Waals surface area (Å²) in [6.07, 6.45) is 8.69. The van der Waals surface area contributed by atoms with Crippen molar-refractivity contribution in [2.45, 2.75) is 51.0 Å². The molecule has 4 heteroatoms. The van der Waals surface area contributed by atoms with E-state index in [2.05, 4.69) is 45.0 Å². The minimum Gasteiger partial charge on any atom is -0.341 e. The van der Waals surface area contributed by atoms with E-state index in [1.165, 1.54) is 63.6 Å². The van der Waals surface area contributed by atoms with Gasteiger partial charge in [0.1, 0.15) is 0 Å². The lowest BCUT2D eigenvalue weighted by molar-refractivity contribution is -0.134. The summed E-state index contributed by atoms with van der Waals surface area (Å²) in [7, 11) is 0. The number of piperidine rings is 2. The monoisotopic (exact) mass is 369 g/mol. The summed E-state index contributed by atoms with van der Waals surface area (Å²) in [6, 6.07) is 11.6. The fourth-order valence-corrected chi connectivity index (χ4v) is 5.17. The molecule has 148 valence electrons. The smallest absolute Gasteiger partial charge is 0.236 e. The van der Waals surface area contributed by atoms with Gasteiger partial charge in [-0.15, -0.1) is 0 Å². The van der Waals surface area contributed by atoms with Crippen LogP contribution in [0.25, 0.3) is 0 Å². The molecule has 0 unspecified atom stereocenters. The molecule has 3 saturated heterocycles. The molecule has 1 aromatic rings. The van der Waals surface area contributed by atoms with Crippen molar-refractivity contribution in [3.8, 4) is 0 Å². The first-order valence-corrected chi connectivity index (χ1v) is 11.1. The summed E-state index contributed by atoms with van der Waals surface area (Å²) in [4.78, 5) is 19.9. The highest BCUT2D eigenvalue weighted by molar-refractivity contribution is 5.78. The molecule has 3 aliphatic rings. The Kier molecular flexibility index (Phi) is 6.46. The van der Waals surface area contributed by atoms with Gasteiger partial charge in [0, 0.05) is 19.1 Å². The fraction of sp³-hybridized carbons (Fsp3) is 0.696. The molecule has 1 amide bonds. The zero-order valence-corrected chi connectivity index (χ0v) is 16.7. The van der Waals surface area contributed by atoms with Gasteiger partial charge in [-0.05, 0) is 82.6 Å². The van der Waals surface area contributed by atoms with Crippen LogP contribution in [0.3, 0.4) is 0 Å². The number of hydrogen-bond donors (Lipinski definition) is 0. The average molecular weight is 370 g/mol. The third kappa shape index (κ3) is 5.11. The van der Waals surface area contributed by atoms with E-state index in [-0.39, 0.29) is 0 Å². The summed E-state index contributed by atoms with van der Waals surface area (Å²) in [6.45, 7) is 7.26. The van der Waals surface area contributed by atoms with E-state index in [1.807, 2.05) is 0 Å². The predicted molar refractivity (Wildman–Crippen MR) is 110 cm³/mol. The largest absolute Gasteiger partial charge is 0.341 e. The number of benzene rings is 1. The third-order valence-electron chi connectivity index (χ3n) is 6.91. The summed E-state index contributed by atoms with van der Waals surface area (Å²) in [5.41, 5.74) is 1.45. The van der Waals surface area contributed by atoms with Crippen molar-refractivity contribution >= 4 is 5.91 Å². The minimum atomic E-state index is 0.358. The molecule has 0 radical (unpaired) electrons. The molecule has 4 nitrogen and oxygen atoms in total. The van der Waals surface area contributed by atoms with Gasteiger partial charge in [-0.1, -0.05) is 30.3 Å². The molecular formula is C23H35N3O. The van der Waals surface area contributed by atoms with E-state index in [0.29, 0.717) is 12.5 Å². The number of likely N-dealkylation sites (tertiary alicyclic amines) is 3. The number of amides is 1. The van der Waals surface area contributed by atoms with Gasteiger partial charge in [-0.25, -0.2) is 0 Å². The Morgan fingerprint density at radius 1 is 0.852 bits per heavy atom. The Balaban J connectivity index is 1.16. The maximum Gasteiger partial charge on any atom is 0.236 e. The van der Waals surface area contributed by atoms with Crippen LogP contribution < -0.4 is 0 Å². The van der Waals surface area contributed by atoms with E-state index in [4.69, 9.17) is 0 Å². The number of hydrogen-bond acceptors (Lipinski definition) is 3. The summed E-state index contributed by atoms with van der Waals surface area (Å²) >= 11 is 0. The number of rotatable bonds is 5. The van der Waals surface area contributed by atoms with Gasteiger partial charge in [0.25, 0.3) is 0 Å². The molecule has 1 aromatic carbocycles.